The van der Waals surface area contributed by atoms with Gasteiger partial charge >= 0.3 is 12.0 Å². The summed E-state index contributed by atoms with van der Waals surface area (Å²) in [5.41, 5.74) is 10.0. The molecule has 9 aliphatic rings. The number of rotatable bonds is 25. The molecular weight excluding hydrogens is 1670 g/mol. The van der Waals surface area contributed by atoms with Gasteiger partial charge in [0.2, 0.25) is 29.6 Å². The van der Waals surface area contributed by atoms with E-state index in [0.29, 0.717) is 129 Å². The summed E-state index contributed by atoms with van der Waals surface area (Å²) in [5, 5.41) is 36.2. The Morgan fingerprint density at radius 3 is 1.25 bits per heavy atom. The van der Waals surface area contributed by atoms with E-state index < -0.39 is 0 Å². The molecular formula is C103H126N24O6. The van der Waals surface area contributed by atoms with Crippen LogP contribution in [0.25, 0.3) is 32.3 Å². The molecule has 133 heavy (non-hydrogen) atoms. The van der Waals surface area contributed by atoms with Gasteiger partial charge in [0.15, 0.2) is 0 Å². The van der Waals surface area contributed by atoms with Crippen LogP contribution >= 0.6 is 0 Å². The molecule has 0 saturated carbocycles. The second-order valence-electron chi connectivity index (χ2n) is 36.8. The number of amides is 4. The van der Waals surface area contributed by atoms with Gasteiger partial charge in [0.1, 0.15) is 30.7 Å². The van der Waals surface area contributed by atoms with Gasteiger partial charge in [-0.25, -0.2) is 4.98 Å². The van der Waals surface area contributed by atoms with Crippen molar-refractivity contribution in [2.24, 2.45) is 0 Å². The average Bonchev–Trinajstić information content (AvgIpc) is 1.34. The lowest BCUT2D eigenvalue weighted by molar-refractivity contribution is -0.130. The van der Waals surface area contributed by atoms with E-state index in [1.165, 1.54) is 73.5 Å². The summed E-state index contributed by atoms with van der Waals surface area (Å²) in [6.45, 7) is 25.9. The molecule has 12 heterocycles. The molecule has 9 aromatic rings. The summed E-state index contributed by atoms with van der Waals surface area (Å²) >= 11 is 0. The molecule has 0 N–H and O–H groups in total. The number of hydrogen-bond donors (Lipinski definition) is 0. The molecule has 4 amide bonds. The van der Waals surface area contributed by atoms with Crippen molar-refractivity contribution in [2.75, 3.05) is 214 Å². The van der Waals surface area contributed by atoms with Gasteiger partial charge in [-0.15, -0.1) is 0 Å². The molecule has 9 aliphatic heterocycles. The average molecular weight is 1800 g/mol. The highest BCUT2D eigenvalue weighted by Gasteiger charge is 2.40. The van der Waals surface area contributed by atoms with Crippen LogP contribution in [0, 0.1) is 34.0 Å². The molecule has 6 aromatic carbocycles. The second-order valence-corrected chi connectivity index (χ2v) is 36.8. The minimum Gasteiger partial charge on any atom is -0.462 e. The van der Waals surface area contributed by atoms with Crippen LogP contribution < -0.4 is 43.8 Å². The van der Waals surface area contributed by atoms with Crippen LogP contribution in [0.5, 0.6) is 12.0 Å². The quantitative estimate of drug-likeness (QED) is 0.0480. The highest BCUT2D eigenvalue weighted by atomic mass is 16.5. The third-order valence-electron chi connectivity index (χ3n) is 27.9. The van der Waals surface area contributed by atoms with Crippen LogP contribution in [-0.2, 0) is 58.1 Å². The SMILES string of the molecule is C=CC(=O)N1CCN(c2nc(N3CC[C@H](N(C)C)C3)nc3c2CCN(c2cccc4ccccc24)C3)C[C@@H]1CC#N.C=CC(=O)N1CCN(c2nc(OC[C@@H]3CCCN3CC(=O)N(C)C)nc3c2CCN(c2cccc4ccccc24)C3)C[C@@H]1CC#N.CCN1CCC[C@H]1COc1nc2c(c(N3CCN(C(=O)/C=C/CN(C)C)[C@@H](CC#N)C3)n1)CCN(c1cccc3ccccc13)C2. The van der Waals surface area contributed by atoms with Crippen molar-refractivity contribution in [1.82, 2.24) is 69.1 Å². The van der Waals surface area contributed by atoms with E-state index in [1.54, 1.807) is 34.9 Å². The summed E-state index contributed by atoms with van der Waals surface area (Å²) in [6.07, 6.45) is 14.7. The van der Waals surface area contributed by atoms with Crippen molar-refractivity contribution in [1.29, 1.82) is 15.8 Å². The fourth-order valence-corrected chi connectivity index (χ4v) is 20.6. The maximum atomic E-state index is 13.2. The molecule has 30 nitrogen and oxygen atoms in total. The van der Waals surface area contributed by atoms with Crippen LogP contribution in [0.2, 0.25) is 0 Å². The smallest absolute Gasteiger partial charge is 0.318 e. The van der Waals surface area contributed by atoms with Crippen LogP contribution in [0.3, 0.4) is 0 Å². The summed E-state index contributed by atoms with van der Waals surface area (Å²) in [7, 11) is 11.8. The number of benzene rings is 6. The first-order valence-corrected chi connectivity index (χ1v) is 47.3. The van der Waals surface area contributed by atoms with E-state index in [0.717, 1.165) is 149 Å². The van der Waals surface area contributed by atoms with Gasteiger partial charge in [0.25, 0.3) is 0 Å². The number of aromatic nitrogens is 6. The molecule has 3 aromatic heterocycles. The molecule has 0 aliphatic carbocycles. The third-order valence-corrected chi connectivity index (χ3v) is 27.9. The lowest BCUT2D eigenvalue weighted by Gasteiger charge is -2.42. The first-order valence-electron chi connectivity index (χ1n) is 47.3. The molecule has 0 bridgehead atoms. The molecule has 0 unspecified atom stereocenters. The first-order chi connectivity index (χ1) is 64.8. The summed E-state index contributed by atoms with van der Waals surface area (Å²) in [5.74, 6) is 3.20. The van der Waals surface area contributed by atoms with Crippen molar-refractivity contribution in [2.45, 2.75) is 133 Å². The zero-order valence-corrected chi connectivity index (χ0v) is 78.2. The van der Waals surface area contributed by atoms with E-state index in [4.69, 9.17) is 39.4 Å². The van der Waals surface area contributed by atoms with Gasteiger partial charge in [-0.1, -0.05) is 135 Å². The van der Waals surface area contributed by atoms with Crippen molar-refractivity contribution in [3.63, 3.8) is 0 Å². The molecule has 0 radical (unpaired) electrons. The summed E-state index contributed by atoms with van der Waals surface area (Å²) in [4.78, 5) is 113. The van der Waals surface area contributed by atoms with Crippen LogP contribution in [-0.4, -0.2) is 309 Å². The first kappa shape index (κ1) is 93.2. The second kappa shape index (κ2) is 43.1. The Morgan fingerprint density at radius 2 is 0.842 bits per heavy atom. The number of carbonyl (C=O) groups excluding carboxylic acids is 4. The van der Waals surface area contributed by atoms with Gasteiger partial charge in [-0.05, 0) is 146 Å². The largest absolute Gasteiger partial charge is 0.462 e. The minimum atomic E-state index is -0.267. The number of fused-ring (bicyclic) bond motifs is 6. The molecule has 6 saturated heterocycles. The van der Waals surface area contributed by atoms with Gasteiger partial charge in [0.05, 0.1) is 98.9 Å². The molecule has 18 rings (SSSR count). The Labute approximate surface area is 782 Å². The Bertz CT molecular complexity index is 5850. The van der Waals surface area contributed by atoms with Crippen LogP contribution in [0.15, 0.2) is 165 Å². The number of piperazine rings is 3. The number of ether oxygens (including phenoxy) is 2. The Balaban J connectivity index is 0.000000146. The predicted molar refractivity (Wildman–Crippen MR) is 523 cm³/mol. The van der Waals surface area contributed by atoms with Crippen molar-refractivity contribution in [3.05, 3.63) is 199 Å². The summed E-state index contributed by atoms with van der Waals surface area (Å²) < 4.78 is 12.7. The number of anilines is 7. The number of carbonyl (C=O) groups is 4. The monoisotopic (exact) mass is 1800 g/mol. The maximum absolute atomic E-state index is 13.2. The Hall–Kier alpha value is -13.1. The minimum absolute atomic E-state index is 0.0433. The highest BCUT2D eigenvalue weighted by molar-refractivity contribution is 5.97. The fraction of sp³-hybridized carbons (Fsp3) is 0.466. The normalized spacial score (nSPS) is 20.4. The molecule has 6 atom stereocenters. The highest BCUT2D eigenvalue weighted by Crippen LogP contribution is 2.41. The van der Waals surface area contributed by atoms with Crippen molar-refractivity contribution in [3.8, 4) is 30.2 Å². The van der Waals surface area contributed by atoms with Gasteiger partial charge in [0, 0.05) is 186 Å². The number of hydrogen-bond acceptors (Lipinski definition) is 26. The lowest BCUT2D eigenvalue weighted by atomic mass is 10.0. The van der Waals surface area contributed by atoms with E-state index >= 15 is 0 Å². The topological polar surface area (TPSA) is 284 Å². The van der Waals surface area contributed by atoms with E-state index in [2.05, 4.69) is 229 Å². The van der Waals surface area contributed by atoms with E-state index in [-0.39, 0.29) is 67.1 Å². The molecule has 0 spiro atoms. The van der Waals surface area contributed by atoms with E-state index in [9.17, 15) is 35.0 Å². The molecule has 694 valence electrons. The zero-order chi connectivity index (χ0) is 92.8. The Kier molecular flexibility index (Phi) is 30.2. The third kappa shape index (κ3) is 21.4. The summed E-state index contributed by atoms with van der Waals surface area (Å²) in [6, 6.07) is 52.7. The fourth-order valence-electron chi connectivity index (χ4n) is 20.6. The van der Waals surface area contributed by atoms with Crippen LogP contribution in [0.4, 0.5) is 40.5 Å². The number of likely N-dealkylation sites (tertiary alicyclic amines) is 2. The number of nitriles is 3. The Morgan fingerprint density at radius 1 is 0.436 bits per heavy atom. The molecule has 30 heteroatoms. The number of likely N-dealkylation sites (N-methyl/N-ethyl adjacent to an activating group) is 4. The predicted octanol–water partition coefficient (Wildman–Crippen LogP) is 10.8. The van der Waals surface area contributed by atoms with Gasteiger partial charge < -0.3 is 73.2 Å². The molecule has 6 fully saturated rings. The van der Waals surface area contributed by atoms with Crippen molar-refractivity contribution >= 4 is 96.4 Å². The van der Waals surface area contributed by atoms with Gasteiger partial charge in [-0.3, -0.25) is 29.0 Å². The van der Waals surface area contributed by atoms with Crippen LogP contribution in [0.1, 0.15) is 92.1 Å². The van der Waals surface area contributed by atoms with Gasteiger partial charge in [-0.2, -0.15) is 40.7 Å². The zero-order valence-electron chi connectivity index (χ0n) is 78.2. The standard InChI is InChI=1S/C36H46N8O2.C35H42N8O3.C32H38N8O/c1-4-41-20-8-12-29(41)26-46-36-38-32-25-42(33-14-7-11-27-10-5-6-13-30(27)33)21-17-31(32)35(39-36)43-22-23-44(28(24-43)16-18-37)34(45)15-9-19-40(2)3;1-4-32(44)43-20-19-42(21-26(43)14-16-36)34-29-15-18-41(31-13-7-10-25-9-5-6-12-28(25)31)22-30(29)37-35(38-34)46-24-27-11-8-17-40(27)23-33(45)39(2)3;1-4-30(41)40-19-18-38(21-25(40)12-15-33)31-27-14-17-37(29-11-7-9-23-8-5-6-10-26(23)29)22-28(27)34-32(35-31)39-16-13-24(20-39)36(2)3/h5-7,9-11,13-15,28-29H,4,8,12,16-17,19-26H2,1-3H3;4-7,9-10,12-13,26-27H,1,8,11,14-15,17-24H2,2-3H3;4-11,24-25H,1,12-14,16-22H2,2-3H3/b15-9+;;/t28-,29-;26-,27-;24-,25-/m000/s1. The van der Waals surface area contributed by atoms with E-state index in [1.807, 2.05) is 30.0 Å². The number of nitrogens with zero attached hydrogens (tertiary/aromatic N) is 24. The van der Waals surface area contributed by atoms with Crippen molar-refractivity contribution < 1.29 is 28.7 Å². The lowest BCUT2D eigenvalue weighted by Crippen LogP contribution is -2.55. The maximum Gasteiger partial charge on any atom is 0.318 e.